The number of unbranched alkanes of at least 4 members (excludes halogenated alkanes) is 1. The van der Waals surface area contributed by atoms with Crippen LogP contribution >= 0.6 is 0 Å². The summed E-state index contributed by atoms with van der Waals surface area (Å²) >= 11 is 0. The highest BCUT2D eigenvalue weighted by molar-refractivity contribution is 4.97. The van der Waals surface area contributed by atoms with Gasteiger partial charge < -0.3 is 5.32 Å². The van der Waals surface area contributed by atoms with Gasteiger partial charge in [-0.05, 0) is 44.9 Å². The van der Waals surface area contributed by atoms with Crippen molar-refractivity contribution in [1.82, 2.24) is 20.1 Å². The van der Waals surface area contributed by atoms with Crippen molar-refractivity contribution in [3.05, 3.63) is 12.2 Å². The topological polar surface area (TPSA) is 42.7 Å². The molecule has 1 heterocycles. The van der Waals surface area contributed by atoms with E-state index in [9.17, 15) is 0 Å². The molecule has 0 aliphatic heterocycles. The minimum atomic E-state index is 0.332. The van der Waals surface area contributed by atoms with Gasteiger partial charge >= 0.3 is 0 Å². The summed E-state index contributed by atoms with van der Waals surface area (Å²) in [5.74, 6) is 1.15. The van der Waals surface area contributed by atoms with Gasteiger partial charge in [-0.2, -0.15) is 5.10 Å². The number of hydrogen-bond acceptors (Lipinski definition) is 3. The summed E-state index contributed by atoms with van der Waals surface area (Å²) in [7, 11) is 0. The highest BCUT2D eigenvalue weighted by Crippen LogP contribution is 2.33. The summed E-state index contributed by atoms with van der Waals surface area (Å²) in [5, 5.41) is 8.17. The lowest BCUT2D eigenvalue weighted by Crippen LogP contribution is -2.37. The molecule has 4 heteroatoms. The number of aromatic nitrogens is 3. The number of nitrogens with zero attached hydrogens (tertiary/aromatic N) is 3. The summed E-state index contributed by atoms with van der Waals surface area (Å²) in [5.41, 5.74) is 0.332. The van der Waals surface area contributed by atoms with Gasteiger partial charge in [0.1, 0.15) is 12.2 Å². The summed E-state index contributed by atoms with van der Waals surface area (Å²) in [6, 6.07) is 1.17. The van der Waals surface area contributed by atoms with Crippen LogP contribution in [0, 0.1) is 5.41 Å². The quantitative estimate of drug-likeness (QED) is 0.714. The Morgan fingerprint density at radius 3 is 2.71 bits per heavy atom. The lowest BCUT2D eigenvalue weighted by molar-refractivity contribution is 0.219. The van der Waals surface area contributed by atoms with Gasteiger partial charge in [0, 0.05) is 25.0 Å². The molecule has 4 nitrogen and oxygen atoms in total. The zero-order chi connectivity index (χ0) is 15.3. The molecule has 1 unspecified atom stereocenters. The van der Waals surface area contributed by atoms with Crippen LogP contribution < -0.4 is 5.32 Å². The minimum absolute atomic E-state index is 0.332. The predicted octanol–water partition coefficient (Wildman–Crippen LogP) is 3.74. The second-order valence-electron chi connectivity index (χ2n) is 7.00. The number of rotatable bonds is 10. The molecule has 2 rings (SSSR count). The van der Waals surface area contributed by atoms with E-state index in [1.165, 1.54) is 38.5 Å². The van der Waals surface area contributed by atoms with Gasteiger partial charge in [0.2, 0.25) is 0 Å². The molecular formula is C17H32N4. The summed E-state index contributed by atoms with van der Waals surface area (Å²) in [4.78, 5) is 4.55. The Morgan fingerprint density at radius 2 is 2.14 bits per heavy atom. The van der Waals surface area contributed by atoms with Crippen molar-refractivity contribution in [2.45, 2.75) is 84.7 Å². The zero-order valence-electron chi connectivity index (χ0n) is 14.2. The van der Waals surface area contributed by atoms with E-state index in [1.807, 2.05) is 0 Å². The first-order chi connectivity index (χ1) is 10.1. The maximum absolute atomic E-state index is 4.55. The SMILES string of the molecule is CCCCC(CC)(CNC1CC1)Cc1ncnn1C(C)C. The van der Waals surface area contributed by atoms with E-state index in [2.05, 4.69) is 47.8 Å². The van der Waals surface area contributed by atoms with Crippen LogP contribution in [0.4, 0.5) is 0 Å². The Morgan fingerprint density at radius 1 is 1.38 bits per heavy atom. The van der Waals surface area contributed by atoms with Crippen molar-refractivity contribution in [1.29, 1.82) is 0 Å². The Bertz CT molecular complexity index is 422. The third kappa shape index (κ3) is 4.53. The average molecular weight is 292 g/mol. The molecule has 0 spiro atoms. The molecule has 21 heavy (non-hydrogen) atoms. The highest BCUT2D eigenvalue weighted by atomic mass is 15.3. The van der Waals surface area contributed by atoms with Crippen molar-refractivity contribution in [3.63, 3.8) is 0 Å². The smallest absolute Gasteiger partial charge is 0.138 e. The monoisotopic (exact) mass is 292 g/mol. The van der Waals surface area contributed by atoms with E-state index in [0.717, 1.165) is 24.8 Å². The van der Waals surface area contributed by atoms with Crippen molar-refractivity contribution >= 4 is 0 Å². The van der Waals surface area contributed by atoms with E-state index in [-0.39, 0.29) is 0 Å². The average Bonchev–Trinajstić information content (AvgIpc) is 3.19. The Balaban J connectivity index is 2.09. The standard InChI is InChI=1S/C17H32N4/c1-5-7-10-17(6-2,12-18-15-8-9-15)11-16-19-13-20-21(16)14(3)4/h13-15,18H,5-12H2,1-4H3. The maximum atomic E-state index is 4.55. The van der Waals surface area contributed by atoms with Gasteiger partial charge in [-0.25, -0.2) is 9.67 Å². The van der Waals surface area contributed by atoms with Gasteiger partial charge in [0.05, 0.1) is 0 Å². The van der Waals surface area contributed by atoms with Crippen molar-refractivity contribution in [2.75, 3.05) is 6.54 Å². The van der Waals surface area contributed by atoms with Gasteiger partial charge in [0.25, 0.3) is 0 Å². The van der Waals surface area contributed by atoms with Gasteiger partial charge in [0.15, 0.2) is 0 Å². The Labute approximate surface area is 129 Å². The molecule has 1 aromatic heterocycles. The summed E-state index contributed by atoms with van der Waals surface area (Å²) < 4.78 is 2.09. The van der Waals surface area contributed by atoms with E-state index in [4.69, 9.17) is 0 Å². The first kappa shape index (κ1) is 16.5. The molecule has 0 aromatic carbocycles. The van der Waals surface area contributed by atoms with E-state index >= 15 is 0 Å². The molecule has 0 amide bonds. The molecule has 1 saturated carbocycles. The Hall–Kier alpha value is -0.900. The summed E-state index contributed by atoms with van der Waals surface area (Å²) in [6.07, 6.45) is 10.5. The van der Waals surface area contributed by atoms with Gasteiger partial charge in [-0.1, -0.05) is 26.7 Å². The third-order valence-corrected chi connectivity index (χ3v) is 4.82. The molecule has 1 aliphatic rings. The van der Waals surface area contributed by atoms with Crippen LogP contribution in [-0.2, 0) is 6.42 Å². The van der Waals surface area contributed by atoms with Crippen LogP contribution in [0.1, 0.15) is 78.1 Å². The van der Waals surface area contributed by atoms with E-state index in [1.54, 1.807) is 6.33 Å². The molecule has 1 fully saturated rings. The van der Waals surface area contributed by atoms with Crippen LogP contribution in [-0.4, -0.2) is 27.4 Å². The molecule has 1 aromatic rings. The van der Waals surface area contributed by atoms with Crippen molar-refractivity contribution < 1.29 is 0 Å². The zero-order valence-corrected chi connectivity index (χ0v) is 14.2. The molecule has 1 N–H and O–H groups in total. The fourth-order valence-electron chi connectivity index (χ4n) is 3.03. The minimum Gasteiger partial charge on any atom is -0.313 e. The molecule has 0 saturated heterocycles. The normalized spacial score (nSPS) is 18.1. The first-order valence-electron chi connectivity index (χ1n) is 8.72. The van der Waals surface area contributed by atoms with E-state index < -0.39 is 0 Å². The molecule has 1 aliphatic carbocycles. The van der Waals surface area contributed by atoms with Crippen LogP contribution in [0.3, 0.4) is 0 Å². The first-order valence-corrected chi connectivity index (χ1v) is 8.72. The highest BCUT2D eigenvalue weighted by Gasteiger charge is 2.32. The molecular weight excluding hydrogens is 260 g/mol. The van der Waals surface area contributed by atoms with Crippen molar-refractivity contribution in [2.24, 2.45) is 5.41 Å². The predicted molar refractivity (Wildman–Crippen MR) is 87.4 cm³/mol. The van der Waals surface area contributed by atoms with Gasteiger partial charge in [-0.3, -0.25) is 0 Å². The molecule has 0 bridgehead atoms. The van der Waals surface area contributed by atoms with Crippen molar-refractivity contribution in [3.8, 4) is 0 Å². The summed E-state index contributed by atoms with van der Waals surface area (Å²) in [6.45, 7) is 10.1. The maximum Gasteiger partial charge on any atom is 0.138 e. The molecule has 0 radical (unpaired) electrons. The molecule has 120 valence electrons. The van der Waals surface area contributed by atoms with Gasteiger partial charge in [-0.15, -0.1) is 0 Å². The third-order valence-electron chi connectivity index (χ3n) is 4.82. The second kappa shape index (κ2) is 7.39. The Kier molecular flexibility index (Phi) is 5.80. The number of nitrogens with one attached hydrogen (secondary N) is 1. The lowest BCUT2D eigenvalue weighted by Gasteiger charge is -2.33. The fourth-order valence-corrected chi connectivity index (χ4v) is 3.03. The van der Waals surface area contributed by atoms with Crippen LogP contribution in [0.25, 0.3) is 0 Å². The van der Waals surface area contributed by atoms with Crippen LogP contribution in [0.2, 0.25) is 0 Å². The van der Waals surface area contributed by atoms with E-state index in [0.29, 0.717) is 11.5 Å². The largest absolute Gasteiger partial charge is 0.313 e. The second-order valence-corrected chi connectivity index (χ2v) is 7.00. The lowest BCUT2D eigenvalue weighted by atomic mass is 9.76. The van der Waals surface area contributed by atoms with Crippen LogP contribution in [0.15, 0.2) is 6.33 Å². The molecule has 1 atom stereocenters. The number of hydrogen-bond donors (Lipinski definition) is 1. The van der Waals surface area contributed by atoms with Crippen LogP contribution in [0.5, 0.6) is 0 Å². The fraction of sp³-hybridized carbons (Fsp3) is 0.882.